The average Bonchev–Trinajstić information content (AvgIpc) is 2.86. The van der Waals surface area contributed by atoms with Crippen molar-refractivity contribution in [2.45, 2.75) is 71.5 Å². The van der Waals surface area contributed by atoms with Crippen LogP contribution >= 0.6 is 0 Å². The van der Waals surface area contributed by atoms with E-state index in [1.54, 1.807) is 0 Å². The molecule has 7 heteroatoms. The summed E-state index contributed by atoms with van der Waals surface area (Å²) in [4.78, 5) is 28.9. The molecule has 7 nitrogen and oxygen atoms in total. The Morgan fingerprint density at radius 3 is 2.70 bits per heavy atom. The minimum absolute atomic E-state index is 0.0849. The maximum atomic E-state index is 13.1. The zero-order valence-electron chi connectivity index (χ0n) is 16.8. The van der Waals surface area contributed by atoms with Gasteiger partial charge in [0.25, 0.3) is 0 Å². The number of hydrogen-bond donors (Lipinski definition) is 1. The fourth-order valence-electron chi connectivity index (χ4n) is 4.19. The Morgan fingerprint density at radius 1 is 1.22 bits per heavy atom. The van der Waals surface area contributed by atoms with E-state index >= 15 is 0 Å². The van der Waals surface area contributed by atoms with Crippen molar-refractivity contribution in [3.8, 4) is 0 Å². The molecule has 1 amide bonds. The Labute approximate surface area is 161 Å². The number of aromatic nitrogens is 2. The van der Waals surface area contributed by atoms with Gasteiger partial charge in [0.1, 0.15) is 0 Å². The summed E-state index contributed by atoms with van der Waals surface area (Å²) in [7, 11) is 2.02. The van der Waals surface area contributed by atoms with E-state index in [2.05, 4.69) is 23.8 Å². The van der Waals surface area contributed by atoms with Crippen LogP contribution in [0, 0.1) is 5.92 Å². The Balaban J connectivity index is 1.80. The molecule has 2 aliphatic rings. The van der Waals surface area contributed by atoms with Gasteiger partial charge in [-0.1, -0.05) is 26.7 Å². The minimum Gasteiger partial charge on any atom is -0.476 e. The van der Waals surface area contributed by atoms with Crippen molar-refractivity contribution in [1.82, 2.24) is 19.6 Å². The number of amides is 1. The molecular weight excluding hydrogens is 344 g/mol. The summed E-state index contributed by atoms with van der Waals surface area (Å²) in [6, 6.07) is -0.0849. The highest BCUT2D eigenvalue weighted by Gasteiger charge is 2.34. The van der Waals surface area contributed by atoms with E-state index in [0.717, 1.165) is 50.0 Å². The van der Waals surface area contributed by atoms with Crippen LogP contribution in [0.2, 0.25) is 0 Å². The summed E-state index contributed by atoms with van der Waals surface area (Å²) < 4.78 is 1.86. The van der Waals surface area contributed by atoms with Gasteiger partial charge in [0.05, 0.1) is 6.04 Å². The van der Waals surface area contributed by atoms with Gasteiger partial charge in [0.15, 0.2) is 5.69 Å². The van der Waals surface area contributed by atoms with Gasteiger partial charge in [-0.2, -0.15) is 5.10 Å². The molecule has 27 heavy (non-hydrogen) atoms. The molecule has 1 saturated heterocycles. The third-order valence-electron chi connectivity index (χ3n) is 5.87. The molecule has 1 unspecified atom stereocenters. The lowest BCUT2D eigenvalue weighted by atomic mass is 10.0. The topological polar surface area (TPSA) is 78.7 Å². The molecular formula is C20H32N4O3. The smallest absolute Gasteiger partial charge is 0.356 e. The molecule has 1 aromatic rings. The van der Waals surface area contributed by atoms with Crippen LogP contribution in [0.3, 0.4) is 0 Å². The highest BCUT2D eigenvalue weighted by molar-refractivity contribution is 5.88. The largest absolute Gasteiger partial charge is 0.476 e. The number of carbonyl (C=O) groups is 2. The summed E-state index contributed by atoms with van der Waals surface area (Å²) in [5, 5.41) is 14.0. The zero-order valence-corrected chi connectivity index (χ0v) is 16.8. The first-order valence-corrected chi connectivity index (χ1v) is 10.2. The number of aromatic carboxylic acids is 1. The van der Waals surface area contributed by atoms with Crippen molar-refractivity contribution in [1.29, 1.82) is 0 Å². The first kappa shape index (κ1) is 19.9. The number of carbonyl (C=O) groups excluding carboxylic acids is 1. The Kier molecular flexibility index (Phi) is 6.19. The number of aryl methyl sites for hydroxylation is 1. The first-order chi connectivity index (χ1) is 12.9. The number of likely N-dealkylation sites (tertiary alicyclic amines) is 1. The SMILES string of the molecule is CC(C)CCn1nc(C(=O)O)c2c1CCN(C(=O)C1CCCCCN1C)C2. The fourth-order valence-corrected chi connectivity index (χ4v) is 4.19. The normalized spacial score (nSPS) is 21.2. The molecule has 2 aliphatic heterocycles. The summed E-state index contributed by atoms with van der Waals surface area (Å²) in [6.07, 6.45) is 5.91. The lowest BCUT2D eigenvalue weighted by molar-refractivity contribution is -0.137. The molecule has 0 aliphatic carbocycles. The van der Waals surface area contributed by atoms with E-state index in [-0.39, 0.29) is 17.6 Å². The lowest BCUT2D eigenvalue weighted by Gasteiger charge is -2.34. The third kappa shape index (κ3) is 4.34. The second-order valence-electron chi connectivity index (χ2n) is 8.34. The van der Waals surface area contributed by atoms with Crippen LogP contribution in [-0.4, -0.2) is 62.7 Å². The van der Waals surface area contributed by atoms with Crippen molar-refractivity contribution in [3.63, 3.8) is 0 Å². The maximum absolute atomic E-state index is 13.1. The monoisotopic (exact) mass is 376 g/mol. The second kappa shape index (κ2) is 8.42. The van der Waals surface area contributed by atoms with E-state index < -0.39 is 5.97 Å². The summed E-state index contributed by atoms with van der Waals surface area (Å²) in [5.41, 5.74) is 1.83. The lowest BCUT2D eigenvalue weighted by Crippen LogP contribution is -2.48. The van der Waals surface area contributed by atoms with Crippen LogP contribution in [-0.2, 0) is 24.3 Å². The third-order valence-corrected chi connectivity index (χ3v) is 5.87. The van der Waals surface area contributed by atoms with Crippen LogP contribution in [0.25, 0.3) is 0 Å². The molecule has 1 aromatic heterocycles. The van der Waals surface area contributed by atoms with Gasteiger partial charge < -0.3 is 10.0 Å². The predicted molar refractivity (Wildman–Crippen MR) is 103 cm³/mol. The van der Waals surface area contributed by atoms with Crippen molar-refractivity contribution in [2.75, 3.05) is 20.1 Å². The van der Waals surface area contributed by atoms with Crippen LogP contribution in [0.5, 0.6) is 0 Å². The van der Waals surface area contributed by atoms with Gasteiger partial charge >= 0.3 is 5.97 Å². The van der Waals surface area contributed by atoms with Crippen LogP contribution in [0.15, 0.2) is 0 Å². The van der Waals surface area contributed by atoms with Crippen molar-refractivity contribution in [3.05, 3.63) is 17.0 Å². The molecule has 1 N–H and O–H groups in total. The summed E-state index contributed by atoms with van der Waals surface area (Å²) in [6.45, 7) is 6.98. The maximum Gasteiger partial charge on any atom is 0.356 e. The van der Waals surface area contributed by atoms with Crippen molar-refractivity contribution in [2.24, 2.45) is 5.92 Å². The molecule has 150 valence electrons. The molecule has 3 rings (SSSR count). The average molecular weight is 377 g/mol. The fraction of sp³-hybridized carbons (Fsp3) is 0.750. The van der Waals surface area contributed by atoms with E-state index in [9.17, 15) is 14.7 Å². The van der Waals surface area contributed by atoms with Gasteiger partial charge in [-0.25, -0.2) is 4.79 Å². The van der Waals surface area contributed by atoms with Gasteiger partial charge in [-0.3, -0.25) is 14.4 Å². The first-order valence-electron chi connectivity index (χ1n) is 10.2. The summed E-state index contributed by atoms with van der Waals surface area (Å²) >= 11 is 0. The highest BCUT2D eigenvalue weighted by atomic mass is 16.4. The molecule has 0 bridgehead atoms. The van der Waals surface area contributed by atoms with Gasteiger partial charge in [-0.15, -0.1) is 0 Å². The molecule has 3 heterocycles. The van der Waals surface area contributed by atoms with E-state index in [1.807, 2.05) is 16.6 Å². The number of carboxylic acid groups (broad SMARTS) is 1. The van der Waals surface area contributed by atoms with Crippen LogP contribution in [0.1, 0.15) is 67.7 Å². The van der Waals surface area contributed by atoms with Gasteiger partial charge in [0, 0.05) is 37.3 Å². The van der Waals surface area contributed by atoms with E-state index in [1.165, 1.54) is 6.42 Å². The van der Waals surface area contributed by atoms with E-state index in [4.69, 9.17) is 0 Å². The second-order valence-corrected chi connectivity index (χ2v) is 8.34. The molecule has 1 atom stereocenters. The van der Waals surface area contributed by atoms with Crippen LogP contribution in [0.4, 0.5) is 0 Å². The van der Waals surface area contributed by atoms with Gasteiger partial charge in [-0.05, 0) is 38.8 Å². The number of nitrogens with zero attached hydrogens (tertiary/aromatic N) is 4. The Morgan fingerprint density at radius 2 is 2.00 bits per heavy atom. The van der Waals surface area contributed by atoms with Crippen molar-refractivity contribution < 1.29 is 14.7 Å². The number of carboxylic acids is 1. The van der Waals surface area contributed by atoms with Gasteiger partial charge in [0.2, 0.25) is 5.91 Å². The minimum atomic E-state index is -1.00. The standard InChI is InChI=1S/C20H32N4O3/c1-14(2)8-12-24-16-9-11-23(13-15(16)18(21-24)20(26)27)19(25)17-7-5-4-6-10-22(17)3/h14,17H,4-13H2,1-3H3,(H,26,27). The molecule has 0 saturated carbocycles. The molecule has 1 fully saturated rings. The van der Waals surface area contributed by atoms with Crippen molar-refractivity contribution >= 4 is 11.9 Å². The summed E-state index contributed by atoms with van der Waals surface area (Å²) in [5.74, 6) is -0.336. The molecule has 0 aromatic carbocycles. The Hall–Kier alpha value is -1.89. The quantitative estimate of drug-likeness (QED) is 0.854. The zero-order chi connectivity index (χ0) is 19.6. The van der Waals surface area contributed by atoms with E-state index in [0.29, 0.717) is 25.4 Å². The number of likely N-dealkylation sites (N-methyl/N-ethyl adjacent to an activating group) is 1. The highest BCUT2D eigenvalue weighted by Crippen LogP contribution is 2.26. The molecule has 0 spiro atoms. The number of hydrogen-bond acceptors (Lipinski definition) is 4. The number of fused-ring (bicyclic) bond motifs is 1. The molecule has 0 radical (unpaired) electrons. The predicted octanol–water partition coefficient (Wildman–Crippen LogP) is 2.39. The Bertz CT molecular complexity index is 698. The number of rotatable bonds is 5. The van der Waals surface area contributed by atoms with Crippen LogP contribution < -0.4 is 0 Å².